The molecule has 0 radical (unpaired) electrons. The van der Waals surface area contributed by atoms with Crippen molar-refractivity contribution in [2.75, 3.05) is 26.9 Å². The van der Waals surface area contributed by atoms with E-state index in [9.17, 15) is 9.59 Å². The molecule has 42 heavy (non-hydrogen) atoms. The van der Waals surface area contributed by atoms with Crippen molar-refractivity contribution in [2.45, 2.75) is 44.3 Å². The predicted molar refractivity (Wildman–Crippen MR) is 159 cm³/mol. The molecule has 0 spiro atoms. The molecule has 7 rings (SSSR count). The molecule has 1 saturated heterocycles. The van der Waals surface area contributed by atoms with Crippen molar-refractivity contribution in [1.29, 1.82) is 0 Å². The van der Waals surface area contributed by atoms with Crippen LogP contribution in [-0.4, -0.2) is 73.0 Å². The predicted octanol–water partition coefficient (Wildman–Crippen LogP) is 5.15. The largest absolute Gasteiger partial charge is 0.493 e. The third-order valence-corrected chi connectivity index (χ3v) is 8.41. The maximum absolute atomic E-state index is 13.6. The fourth-order valence-electron chi connectivity index (χ4n) is 6.16. The number of benzene rings is 3. The first-order valence-electron chi connectivity index (χ1n) is 14.5. The molecule has 3 aromatic carbocycles. The Kier molecular flexibility index (Phi) is 6.85. The summed E-state index contributed by atoms with van der Waals surface area (Å²) in [5.74, 6) is 1.65. The molecule has 4 aliphatic rings. The van der Waals surface area contributed by atoms with Crippen LogP contribution in [0.5, 0.6) is 17.2 Å². The number of methoxy groups -OCH3 is 1. The third kappa shape index (κ3) is 4.78. The Morgan fingerprint density at radius 1 is 0.810 bits per heavy atom. The second-order valence-corrected chi connectivity index (χ2v) is 11.0. The highest BCUT2D eigenvalue weighted by Gasteiger charge is 2.34. The molecule has 9 nitrogen and oxygen atoms in total. The van der Waals surface area contributed by atoms with Gasteiger partial charge in [0.25, 0.3) is 11.8 Å². The van der Waals surface area contributed by atoms with Crippen LogP contribution in [0.1, 0.15) is 51.1 Å². The first-order valence-corrected chi connectivity index (χ1v) is 14.5. The summed E-state index contributed by atoms with van der Waals surface area (Å²) in [5, 5.41) is 0. The standard InChI is InChI=1S/C33H32N4O5/c1-40-30-16-27-29(35-19-24-14-21-6-2-3-7-22(21)20-37(24)33(27)39)17-31(30)42-13-5-12-41-25-9-10-26-28(15-25)34-18-23-8-4-11-36(23)32(26)38/h2-3,6-7,9-10,15-19,23-24H,4-5,8,11-14,20H2,1H3. The molecule has 9 heteroatoms. The van der Waals surface area contributed by atoms with Gasteiger partial charge in [-0.25, -0.2) is 0 Å². The van der Waals surface area contributed by atoms with Gasteiger partial charge in [0, 0.05) is 44.1 Å². The van der Waals surface area contributed by atoms with Crippen molar-refractivity contribution in [2.24, 2.45) is 9.98 Å². The first-order chi connectivity index (χ1) is 20.6. The molecule has 4 aliphatic heterocycles. The van der Waals surface area contributed by atoms with Crippen LogP contribution >= 0.6 is 0 Å². The Labute approximate surface area is 244 Å². The number of fused-ring (bicyclic) bond motifs is 5. The van der Waals surface area contributed by atoms with Crippen LogP contribution in [-0.2, 0) is 13.0 Å². The number of carbonyl (C=O) groups is 2. The summed E-state index contributed by atoms with van der Waals surface area (Å²) >= 11 is 0. The van der Waals surface area contributed by atoms with Gasteiger partial charge < -0.3 is 24.0 Å². The molecule has 0 aliphatic carbocycles. The quantitative estimate of drug-likeness (QED) is 0.370. The van der Waals surface area contributed by atoms with Crippen LogP contribution in [0, 0.1) is 0 Å². The Morgan fingerprint density at radius 2 is 1.57 bits per heavy atom. The van der Waals surface area contributed by atoms with Gasteiger partial charge in [0.1, 0.15) is 5.75 Å². The fourth-order valence-corrected chi connectivity index (χ4v) is 6.16. The van der Waals surface area contributed by atoms with Gasteiger partial charge in [-0.1, -0.05) is 24.3 Å². The second kappa shape index (κ2) is 11.0. The Balaban J connectivity index is 0.992. The van der Waals surface area contributed by atoms with E-state index in [1.807, 2.05) is 46.5 Å². The van der Waals surface area contributed by atoms with Gasteiger partial charge in [0.05, 0.1) is 54.9 Å². The highest BCUT2D eigenvalue weighted by atomic mass is 16.5. The van der Waals surface area contributed by atoms with Crippen molar-refractivity contribution in [3.8, 4) is 17.2 Å². The molecule has 2 amide bonds. The maximum atomic E-state index is 13.6. The lowest BCUT2D eigenvalue weighted by Crippen LogP contribution is -2.44. The minimum absolute atomic E-state index is 0.0340. The molecule has 1 fully saturated rings. The molecule has 2 unspecified atom stereocenters. The summed E-state index contributed by atoms with van der Waals surface area (Å²) in [7, 11) is 1.57. The zero-order valence-electron chi connectivity index (χ0n) is 23.5. The third-order valence-electron chi connectivity index (χ3n) is 8.41. The van der Waals surface area contributed by atoms with E-state index in [2.05, 4.69) is 17.1 Å². The summed E-state index contributed by atoms with van der Waals surface area (Å²) in [6.07, 6.45) is 7.07. The van der Waals surface area contributed by atoms with E-state index < -0.39 is 0 Å². The summed E-state index contributed by atoms with van der Waals surface area (Å²) in [4.78, 5) is 39.5. The number of hydrogen-bond acceptors (Lipinski definition) is 7. The van der Waals surface area contributed by atoms with E-state index in [4.69, 9.17) is 19.2 Å². The van der Waals surface area contributed by atoms with E-state index in [0.29, 0.717) is 65.9 Å². The zero-order chi connectivity index (χ0) is 28.6. The summed E-state index contributed by atoms with van der Waals surface area (Å²) < 4.78 is 17.6. The summed E-state index contributed by atoms with van der Waals surface area (Å²) in [6.45, 7) is 2.14. The van der Waals surface area contributed by atoms with Gasteiger partial charge in [-0.05, 0) is 48.6 Å². The molecule has 0 aromatic heterocycles. The topological polar surface area (TPSA) is 93.0 Å². The van der Waals surface area contributed by atoms with Gasteiger partial charge in [-0.2, -0.15) is 0 Å². The normalized spacial score (nSPS) is 20.1. The highest BCUT2D eigenvalue weighted by Crippen LogP contribution is 2.38. The fraction of sp³-hybridized carbons (Fsp3) is 0.333. The average Bonchev–Trinajstić information content (AvgIpc) is 3.40. The molecular weight excluding hydrogens is 532 g/mol. The van der Waals surface area contributed by atoms with Gasteiger partial charge in [-0.15, -0.1) is 0 Å². The van der Waals surface area contributed by atoms with E-state index >= 15 is 0 Å². The highest BCUT2D eigenvalue weighted by molar-refractivity contribution is 6.04. The summed E-state index contributed by atoms with van der Waals surface area (Å²) in [6, 6.07) is 17.2. The number of rotatable bonds is 7. The molecule has 4 heterocycles. The first kappa shape index (κ1) is 26.3. The Bertz CT molecular complexity index is 1620. The van der Waals surface area contributed by atoms with Crippen molar-refractivity contribution in [3.63, 3.8) is 0 Å². The molecule has 3 aromatic rings. The lowest BCUT2D eigenvalue weighted by Gasteiger charge is -2.34. The van der Waals surface area contributed by atoms with E-state index in [0.717, 1.165) is 25.8 Å². The molecular formula is C33H32N4O5. The number of ether oxygens (including phenoxy) is 3. The van der Waals surface area contributed by atoms with Gasteiger partial charge in [0.15, 0.2) is 11.5 Å². The number of hydrogen-bond donors (Lipinski definition) is 0. The molecule has 214 valence electrons. The van der Waals surface area contributed by atoms with Crippen molar-refractivity contribution >= 4 is 35.6 Å². The monoisotopic (exact) mass is 564 g/mol. The molecule has 0 bridgehead atoms. The maximum Gasteiger partial charge on any atom is 0.257 e. The van der Waals surface area contributed by atoms with Crippen molar-refractivity contribution in [3.05, 3.63) is 76.9 Å². The van der Waals surface area contributed by atoms with Crippen LogP contribution in [0.25, 0.3) is 0 Å². The van der Waals surface area contributed by atoms with Crippen molar-refractivity contribution < 1.29 is 23.8 Å². The Hall–Kier alpha value is -4.66. The van der Waals surface area contributed by atoms with Crippen LogP contribution in [0.15, 0.2) is 64.6 Å². The zero-order valence-corrected chi connectivity index (χ0v) is 23.5. The van der Waals surface area contributed by atoms with Crippen LogP contribution in [0.2, 0.25) is 0 Å². The lowest BCUT2D eigenvalue weighted by molar-refractivity contribution is 0.0702. The smallest absolute Gasteiger partial charge is 0.257 e. The van der Waals surface area contributed by atoms with E-state index in [-0.39, 0.29) is 23.9 Å². The number of amides is 2. The SMILES string of the molecule is COc1cc2c(cc1OCCCOc1ccc3c(c1)N=CC1CCCN1C3=O)N=CC1Cc3ccccc3CN1C2=O. The number of carbonyl (C=O) groups excluding carboxylic acids is 2. The van der Waals surface area contributed by atoms with Gasteiger partial charge >= 0.3 is 0 Å². The average molecular weight is 565 g/mol. The van der Waals surface area contributed by atoms with E-state index in [1.54, 1.807) is 25.3 Å². The minimum Gasteiger partial charge on any atom is -0.493 e. The summed E-state index contributed by atoms with van der Waals surface area (Å²) in [5.41, 5.74) is 4.76. The van der Waals surface area contributed by atoms with Gasteiger partial charge in [0.2, 0.25) is 0 Å². The number of aliphatic imine (C=N–C) groups is 2. The lowest BCUT2D eigenvalue weighted by atomic mass is 9.94. The molecule has 0 N–H and O–H groups in total. The van der Waals surface area contributed by atoms with Gasteiger partial charge in [-0.3, -0.25) is 19.6 Å². The second-order valence-electron chi connectivity index (χ2n) is 11.0. The molecule has 2 atom stereocenters. The number of nitrogens with zero attached hydrogens (tertiary/aromatic N) is 4. The van der Waals surface area contributed by atoms with Crippen LogP contribution in [0.4, 0.5) is 11.4 Å². The van der Waals surface area contributed by atoms with Crippen molar-refractivity contribution in [1.82, 2.24) is 9.80 Å². The minimum atomic E-state index is -0.0961. The van der Waals surface area contributed by atoms with Crippen LogP contribution < -0.4 is 14.2 Å². The van der Waals surface area contributed by atoms with Crippen LogP contribution in [0.3, 0.4) is 0 Å². The Morgan fingerprint density at radius 3 is 2.43 bits per heavy atom. The van der Waals surface area contributed by atoms with E-state index in [1.165, 1.54) is 11.1 Å². The molecule has 0 saturated carbocycles.